The molecule has 2 atom stereocenters. The lowest BCUT2D eigenvalue weighted by Gasteiger charge is -2.17. The van der Waals surface area contributed by atoms with Crippen LogP contribution >= 0.6 is 0 Å². The van der Waals surface area contributed by atoms with Gasteiger partial charge in [-0.25, -0.2) is 13.1 Å². The van der Waals surface area contributed by atoms with Crippen LogP contribution in [0.5, 0.6) is 0 Å². The number of aromatic nitrogens is 1. The Kier molecular flexibility index (Phi) is 5.03. The van der Waals surface area contributed by atoms with Crippen molar-refractivity contribution >= 4 is 10.0 Å². The number of nitrogens with one attached hydrogen (secondary N) is 1. The van der Waals surface area contributed by atoms with Gasteiger partial charge in [-0.3, -0.25) is 0 Å². The monoisotopic (exact) mass is 322 g/mol. The van der Waals surface area contributed by atoms with Crippen LogP contribution in [0.3, 0.4) is 0 Å². The molecule has 1 heterocycles. The minimum atomic E-state index is -3.41. The van der Waals surface area contributed by atoms with Gasteiger partial charge in [0.2, 0.25) is 10.0 Å². The Labute approximate surface area is 131 Å². The van der Waals surface area contributed by atoms with Crippen LogP contribution in [0.2, 0.25) is 0 Å². The Bertz CT molecular complexity index is 704. The maximum Gasteiger partial charge on any atom is 0.212 e. The third-order valence-corrected chi connectivity index (χ3v) is 5.37. The van der Waals surface area contributed by atoms with E-state index in [1.807, 2.05) is 44.2 Å². The molecular weight excluding hydrogens is 300 g/mol. The molecular formula is C16H22N2O3S. The van der Waals surface area contributed by atoms with Crippen LogP contribution in [0.15, 0.2) is 34.9 Å². The Balaban J connectivity index is 2.08. The maximum absolute atomic E-state index is 12.4. The number of aryl methyl sites for hydroxylation is 2. The zero-order chi connectivity index (χ0) is 16.3. The van der Waals surface area contributed by atoms with Crippen LogP contribution < -0.4 is 4.72 Å². The SMILES string of the molecule is Cc1noc(C)c1[C@H](C)NS(=O)(=O)C[C@@H](C)c1ccccc1. The number of hydrogen-bond acceptors (Lipinski definition) is 4. The molecule has 2 rings (SSSR count). The van der Waals surface area contributed by atoms with E-state index < -0.39 is 10.0 Å². The molecule has 0 bridgehead atoms. The van der Waals surface area contributed by atoms with Crippen molar-refractivity contribution in [2.45, 2.75) is 39.7 Å². The molecule has 0 fully saturated rings. The van der Waals surface area contributed by atoms with Crippen molar-refractivity contribution in [3.05, 3.63) is 52.9 Å². The number of hydrogen-bond donors (Lipinski definition) is 1. The van der Waals surface area contributed by atoms with Crippen LogP contribution in [0.4, 0.5) is 0 Å². The van der Waals surface area contributed by atoms with Crippen molar-refractivity contribution in [3.63, 3.8) is 0 Å². The predicted octanol–water partition coefficient (Wildman–Crippen LogP) is 3.08. The molecule has 0 spiro atoms. The van der Waals surface area contributed by atoms with Crippen molar-refractivity contribution in [2.24, 2.45) is 0 Å². The summed E-state index contributed by atoms with van der Waals surface area (Å²) in [6.07, 6.45) is 0. The Morgan fingerprint density at radius 3 is 2.36 bits per heavy atom. The van der Waals surface area contributed by atoms with Gasteiger partial charge in [0.05, 0.1) is 11.4 Å². The summed E-state index contributed by atoms with van der Waals surface area (Å²) >= 11 is 0. The van der Waals surface area contributed by atoms with Gasteiger partial charge in [0.15, 0.2) is 0 Å². The van der Waals surface area contributed by atoms with E-state index in [1.165, 1.54) is 0 Å². The molecule has 0 saturated heterocycles. The minimum Gasteiger partial charge on any atom is -0.361 e. The third kappa shape index (κ3) is 3.96. The molecule has 0 amide bonds. The average Bonchev–Trinajstić information content (AvgIpc) is 2.78. The molecule has 22 heavy (non-hydrogen) atoms. The predicted molar refractivity (Wildman–Crippen MR) is 86.2 cm³/mol. The highest BCUT2D eigenvalue weighted by Crippen LogP contribution is 2.23. The Morgan fingerprint density at radius 1 is 1.18 bits per heavy atom. The largest absolute Gasteiger partial charge is 0.361 e. The normalized spacial score (nSPS) is 14.7. The molecule has 0 aliphatic heterocycles. The molecule has 1 aromatic carbocycles. The van der Waals surface area contributed by atoms with Crippen molar-refractivity contribution in [1.29, 1.82) is 0 Å². The molecule has 0 saturated carbocycles. The summed E-state index contributed by atoms with van der Waals surface area (Å²) in [5.41, 5.74) is 2.53. The van der Waals surface area contributed by atoms with Gasteiger partial charge >= 0.3 is 0 Å². The van der Waals surface area contributed by atoms with Crippen molar-refractivity contribution in [1.82, 2.24) is 9.88 Å². The molecule has 1 N–H and O–H groups in total. The highest BCUT2D eigenvalue weighted by molar-refractivity contribution is 7.89. The van der Waals surface area contributed by atoms with Crippen LogP contribution in [0.1, 0.15) is 48.4 Å². The molecule has 5 nitrogen and oxygen atoms in total. The van der Waals surface area contributed by atoms with Crippen molar-refractivity contribution in [2.75, 3.05) is 5.75 Å². The van der Waals surface area contributed by atoms with Crippen LogP contribution in [0, 0.1) is 13.8 Å². The van der Waals surface area contributed by atoms with Gasteiger partial charge < -0.3 is 4.52 Å². The summed E-state index contributed by atoms with van der Waals surface area (Å²) < 4.78 is 32.6. The first-order chi connectivity index (χ1) is 10.3. The highest BCUT2D eigenvalue weighted by Gasteiger charge is 2.23. The highest BCUT2D eigenvalue weighted by atomic mass is 32.2. The molecule has 120 valence electrons. The van der Waals surface area contributed by atoms with Gasteiger partial charge in [0.1, 0.15) is 5.76 Å². The molecule has 1 aromatic heterocycles. The second-order valence-corrected chi connectivity index (χ2v) is 7.47. The van der Waals surface area contributed by atoms with Gasteiger partial charge in [-0.15, -0.1) is 0 Å². The zero-order valence-electron chi connectivity index (χ0n) is 13.3. The molecule has 2 aromatic rings. The quantitative estimate of drug-likeness (QED) is 0.887. The van der Waals surface area contributed by atoms with E-state index in [0.717, 1.165) is 11.1 Å². The number of benzene rings is 1. The smallest absolute Gasteiger partial charge is 0.212 e. The van der Waals surface area contributed by atoms with Crippen molar-refractivity contribution in [3.8, 4) is 0 Å². The maximum atomic E-state index is 12.4. The van der Waals surface area contributed by atoms with E-state index in [9.17, 15) is 8.42 Å². The van der Waals surface area contributed by atoms with Crippen LogP contribution in [-0.4, -0.2) is 19.3 Å². The molecule has 6 heteroatoms. The Morgan fingerprint density at radius 2 is 1.82 bits per heavy atom. The summed E-state index contributed by atoms with van der Waals surface area (Å²) in [6.45, 7) is 7.31. The first kappa shape index (κ1) is 16.7. The van der Waals surface area contributed by atoms with E-state index in [0.29, 0.717) is 11.5 Å². The number of nitrogens with zero attached hydrogens (tertiary/aromatic N) is 1. The second kappa shape index (κ2) is 6.62. The van der Waals surface area contributed by atoms with Gasteiger partial charge in [-0.1, -0.05) is 42.4 Å². The lowest BCUT2D eigenvalue weighted by atomic mass is 10.0. The van der Waals surface area contributed by atoms with Gasteiger partial charge in [0.25, 0.3) is 0 Å². The lowest BCUT2D eigenvalue weighted by Crippen LogP contribution is -2.31. The topological polar surface area (TPSA) is 72.2 Å². The van der Waals surface area contributed by atoms with E-state index in [-0.39, 0.29) is 17.7 Å². The van der Waals surface area contributed by atoms with E-state index >= 15 is 0 Å². The fraction of sp³-hybridized carbons (Fsp3) is 0.438. The fourth-order valence-corrected chi connectivity index (χ4v) is 4.30. The fourth-order valence-electron chi connectivity index (χ4n) is 2.69. The standard InChI is InChI=1S/C16H22N2O3S/c1-11(15-8-6-5-7-9-15)10-22(19,20)18-13(3)16-12(2)17-21-14(16)4/h5-9,11,13,18H,10H2,1-4H3/t11-,13+/m1/s1. The van der Waals surface area contributed by atoms with Gasteiger partial charge in [-0.2, -0.15) is 0 Å². The summed E-state index contributed by atoms with van der Waals surface area (Å²) in [5, 5.41) is 3.87. The first-order valence-electron chi connectivity index (χ1n) is 7.28. The summed E-state index contributed by atoms with van der Waals surface area (Å²) in [4.78, 5) is 0. The zero-order valence-corrected chi connectivity index (χ0v) is 14.1. The molecule has 0 aliphatic rings. The minimum absolute atomic E-state index is 0.0464. The number of rotatable bonds is 6. The summed E-state index contributed by atoms with van der Waals surface area (Å²) in [7, 11) is -3.41. The van der Waals surface area contributed by atoms with Gasteiger partial charge in [0, 0.05) is 11.6 Å². The molecule has 0 radical (unpaired) electrons. The average molecular weight is 322 g/mol. The van der Waals surface area contributed by atoms with Crippen molar-refractivity contribution < 1.29 is 12.9 Å². The summed E-state index contributed by atoms with van der Waals surface area (Å²) in [6, 6.07) is 9.27. The van der Waals surface area contributed by atoms with E-state index in [4.69, 9.17) is 4.52 Å². The first-order valence-corrected chi connectivity index (χ1v) is 8.93. The Hall–Kier alpha value is -1.66. The summed E-state index contributed by atoms with van der Waals surface area (Å²) in [5.74, 6) is 0.615. The van der Waals surface area contributed by atoms with E-state index in [1.54, 1.807) is 13.8 Å². The van der Waals surface area contributed by atoms with Crippen LogP contribution in [0.25, 0.3) is 0 Å². The second-order valence-electron chi connectivity index (χ2n) is 5.67. The molecule has 0 unspecified atom stereocenters. The third-order valence-electron chi connectivity index (χ3n) is 3.72. The lowest BCUT2D eigenvalue weighted by molar-refractivity contribution is 0.391. The van der Waals surface area contributed by atoms with Gasteiger partial charge in [-0.05, 0) is 32.3 Å². The molecule has 0 aliphatic carbocycles. The van der Waals surface area contributed by atoms with E-state index in [2.05, 4.69) is 9.88 Å². The number of sulfonamides is 1. The van der Waals surface area contributed by atoms with Crippen LogP contribution in [-0.2, 0) is 10.0 Å².